The third kappa shape index (κ3) is 5.88. The van der Waals surface area contributed by atoms with E-state index in [0.717, 1.165) is 12.1 Å². The van der Waals surface area contributed by atoms with Gasteiger partial charge in [0.2, 0.25) is 5.91 Å². The number of amides is 1. The van der Waals surface area contributed by atoms with Crippen molar-refractivity contribution in [2.24, 2.45) is 10.7 Å². The third-order valence-electron chi connectivity index (χ3n) is 5.82. The van der Waals surface area contributed by atoms with Gasteiger partial charge < -0.3 is 20.7 Å². The van der Waals surface area contributed by atoms with Gasteiger partial charge in [0.1, 0.15) is 23.5 Å². The lowest BCUT2D eigenvalue weighted by Gasteiger charge is -2.33. The number of rotatable bonds is 5. The molecule has 3 heterocycles. The van der Waals surface area contributed by atoms with E-state index in [1.807, 2.05) is 4.90 Å². The average Bonchev–Trinajstić information content (AvgIpc) is 2.77. The predicted octanol–water partition coefficient (Wildman–Crippen LogP) is 2.03. The Bertz CT molecular complexity index is 1100. The van der Waals surface area contributed by atoms with E-state index in [2.05, 4.69) is 10.3 Å². The molecule has 1 saturated heterocycles. The average molecular weight is 495 g/mol. The number of halogens is 4. The molecule has 0 radical (unpaired) electrons. The summed E-state index contributed by atoms with van der Waals surface area (Å²) in [6.45, 7) is 2.70. The molecular weight excluding hydrogens is 470 g/mol. The maximum atomic E-state index is 13.8. The Hall–Kier alpha value is -3.25. The second-order valence-electron chi connectivity index (χ2n) is 8.75. The van der Waals surface area contributed by atoms with Crippen molar-refractivity contribution in [1.29, 1.82) is 0 Å². The second-order valence-corrected chi connectivity index (χ2v) is 8.75. The number of nitrogens with one attached hydrogen (secondary N) is 1. The van der Waals surface area contributed by atoms with Crippen LogP contribution in [0.15, 0.2) is 52.4 Å². The van der Waals surface area contributed by atoms with Crippen molar-refractivity contribution in [3.63, 3.8) is 0 Å². The van der Waals surface area contributed by atoms with Crippen LogP contribution in [0, 0.1) is 5.82 Å². The second kappa shape index (κ2) is 9.78. The summed E-state index contributed by atoms with van der Waals surface area (Å²) >= 11 is 0. The van der Waals surface area contributed by atoms with Crippen molar-refractivity contribution >= 4 is 17.7 Å². The zero-order chi connectivity index (χ0) is 25.3. The highest BCUT2D eigenvalue weighted by Crippen LogP contribution is 2.36. The lowest BCUT2D eigenvalue weighted by atomic mass is 9.99. The number of nitrogens with zero attached hydrogens (tertiary/aromatic N) is 3. The number of esters is 1. The molecule has 1 fully saturated rings. The zero-order valence-electron chi connectivity index (χ0n) is 18.9. The molecule has 1 aromatic rings. The predicted molar refractivity (Wildman–Crippen MR) is 118 cm³/mol. The summed E-state index contributed by atoms with van der Waals surface area (Å²) in [4.78, 5) is 31.9. The molecule has 0 bridgehead atoms. The Morgan fingerprint density at radius 1 is 1.31 bits per heavy atom. The number of benzene rings is 1. The Labute approximate surface area is 199 Å². The third-order valence-corrected chi connectivity index (χ3v) is 5.82. The number of allylic oxidation sites excluding steroid dienone is 2. The minimum Gasteiger partial charge on any atom is -0.460 e. The van der Waals surface area contributed by atoms with E-state index < -0.39 is 23.7 Å². The van der Waals surface area contributed by atoms with Gasteiger partial charge in [0.05, 0.1) is 12.2 Å². The van der Waals surface area contributed by atoms with Crippen LogP contribution in [-0.2, 0) is 14.3 Å². The molecule has 1 amide bonds. The van der Waals surface area contributed by atoms with Gasteiger partial charge in [0.15, 0.2) is 0 Å². The van der Waals surface area contributed by atoms with E-state index in [9.17, 15) is 27.2 Å². The van der Waals surface area contributed by atoms with Gasteiger partial charge in [-0.25, -0.2) is 9.38 Å². The highest BCUT2D eigenvalue weighted by Gasteiger charge is 2.41. The first-order valence-electron chi connectivity index (χ1n) is 11.1. The van der Waals surface area contributed by atoms with E-state index in [0.29, 0.717) is 13.1 Å². The number of cyclic esters (lactones) is 1. The van der Waals surface area contributed by atoms with Crippen molar-refractivity contribution in [1.82, 2.24) is 15.1 Å². The van der Waals surface area contributed by atoms with Gasteiger partial charge in [-0.3, -0.25) is 14.5 Å². The first kappa shape index (κ1) is 24.9. The number of alkyl halides is 3. The lowest BCUT2D eigenvalue weighted by Crippen LogP contribution is -2.49. The minimum atomic E-state index is -4.67. The fourth-order valence-electron chi connectivity index (χ4n) is 4.31. The Balaban J connectivity index is 1.51. The molecule has 0 spiro atoms. The molecule has 0 saturated carbocycles. The molecule has 12 heteroatoms. The summed E-state index contributed by atoms with van der Waals surface area (Å²) in [6, 6.07) is 4.32. The van der Waals surface area contributed by atoms with E-state index >= 15 is 0 Å². The number of ether oxygens (including phenoxy) is 1. The summed E-state index contributed by atoms with van der Waals surface area (Å²) in [5, 5.41) is 2.33. The Morgan fingerprint density at radius 2 is 2.03 bits per heavy atom. The number of fused-ring (bicyclic) bond motifs is 1. The maximum absolute atomic E-state index is 13.8. The summed E-state index contributed by atoms with van der Waals surface area (Å²) in [5.41, 5.74) is 5.42. The summed E-state index contributed by atoms with van der Waals surface area (Å²) in [6.07, 6.45) is -3.75. The standard InChI is InChI=1S/C23H25F4N5O3/c1-13-9-31(12-20(34)35-13)10-16(28)8-19(33)32-7-6-17-18(11-32)29-22(30-21(17)23(25,26)27)14-2-4-15(24)5-3-14/h2-5,11,13,16H,6-10,12,28H2,1H3,(H,29,30)/t13-,16-/m0/s1. The van der Waals surface area contributed by atoms with Gasteiger partial charge in [-0.05, 0) is 37.6 Å². The van der Waals surface area contributed by atoms with Crippen LogP contribution < -0.4 is 11.1 Å². The van der Waals surface area contributed by atoms with Crippen molar-refractivity contribution < 1.29 is 31.9 Å². The van der Waals surface area contributed by atoms with Crippen LogP contribution in [0.3, 0.4) is 0 Å². The maximum Gasteiger partial charge on any atom is 0.431 e. The fraction of sp³-hybridized carbons (Fsp3) is 0.435. The number of nitrogens with two attached hydrogens (primary N) is 1. The van der Waals surface area contributed by atoms with Crippen LogP contribution >= 0.6 is 0 Å². The molecule has 3 aliphatic rings. The number of hydrogen-bond donors (Lipinski definition) is 2. The summed E-state index contributed by atoms with van der Waals surface area (Å²) in [5.74, 6) is -1.34. The van der Waals surface area contributed by atoms with E-state index in [4.69, 9.17) is 10.5 Å². The molecule has 8 nitrogen and oxygen atoms in total. The topological polar surface area (TPSA) is 100 Å². The van der Waals surface area contributed by atoms with E-state index in [1.165, 1.54) is 23.2 Å². The molecule has 2 atom stereocenters. The van der Waals surface area contributed by atoms with Gasteiger partial charge >= 0.3 is 12.1 Å². The number of hydrogen-bond acceptors (Lipinski definition) is 7. The van der Waals surface area contributed by atoms with E-state index in [-0.39, 0.29) is 66.6 Å². The molecule has 188 valence electrons. The molecule has 3 aliphatic heterocycles. The van der Waals surface area contributed by atoms with Crippen molar-refractivity contribution in [2.75, 3.05) is 26.2 Å². The van der Waals surface area contributed by atoms with Gasteiger partial charge in [-0.15, -0.1) is 0 Å². The Morgan fingerprint density at radius 3 is 2.69 bits per heavy atom. The highest BCUT2D eigenvalue weighted by atomic mass is 19.4. The van der Waals surface area contributed by atoms with Gasteiger partial charge in [0, 0.05) is 49.4 Å². The number of carbonyl (C=O) groups excluding carboxylic acids is 2. The largest absolute Gasteiger partial charge is 0.460 e. The summed E-state index contributed by atoms with van der Waals surface area (Å²) in [7, 11) is 0. The van der Waals surface area contributed by atoms with Gasteiger partial charge in [0.25, 0.3) is 0 Å². The van der Waals surface area contributed by atoms with Crippen LogP contribution in [0.1, 0.15) is 25.3 Å². The molecule has 0 unspecified atom stereocenters. The molecule has 35 heavy (non-hydrogen) atoms. The molecule has 3 N–H and O–H groups in total. The number of morpholine rings is 1. The molecule has 0 aliphatic carbocycles. The minimum absolute atomic E-state index is 0.0103. The van der Waals surface area contributed by atoms with Crippen molar-refractivity contribution in [3.8, 4) is 0 Å². The monoisotopic (exact) mass is 495 g/mol. The molecule has 1 aromatic carbocycles. The van der Waals surface area contributed by atoms with Crippen molar-refractivity contribution in [2.45, 2.75) is 38.1 Å². The zero-order valence-corrected chi connectivity index (χ0v) is 18.9. The lowest BCUT2D eigenvalue weighted by molar-refractivity contribution is -0.157. The van der Waals surface area contributed by atoms with Crippen LogP contribution in [0.25, 0.3) is 0 Å². The van der Waals surface area contributed by atoms with Crippen LogP contribution in [-0.4, -0.2) is 72.0 Å². The molecule has 4 rings (SSSR count). The van der Waals surface area contributed by atoms with E-state index in [1.54, 1.807) is 6.92 Å². The highest BCUT2D eigenvalue weighted by molar-refractivity contribution is 6.02. The van der Waals surface area contributed by atoms with Crippen LogP contribution in [0.4, 0.5) is 17.6 Å². The fourth-order valence-corrected chi connectivity index (χ4v) is 4.31. The normalized spacial score (nSPS) is 22.1. The van der Waals surface area contributed by atoms with Crippen molar-refractivity contribution in [3.05, 3.63) is 58.8 Å². The first-order chi connectivity index (χ1) is 16.5. The number of aliphatic imine (C=N–C) groups is 1. The number of carbonyl (C=O) groups is 2. The van der Waals surface area contributed by atoms with Crippen LogP contribution in [0.2, 0.25) is 0 Å². The smallest absolute Gasteiger partial charge is 0.431 e. The summed E-state index contributed by atoms with van der Waals surface area (Å²) < 4.78 is 59.7. The quantitative estimate of drug-likeness (QED) is 0.479. The van der Waals surface area contributed by atoms with Crippen LogP contribution in [0.5, 0.6) is 0 Å². The number of amidine groups is 1. The van der Waals surface area contributed by atoms with Gasteiger partial charge in [-0.1, -0.05) is 0 Å². The first-order valence-corrected chi connectivity index (χ1v) is 11.1. The molecular formula is C23H25F4N5O3. The molecule has 0 aromatic heterocycles. The van der Waals surface area contributed by atoms with Gasteiger partial charge in [-0.2, -0.15) is 13.2 Å². The Kier molecular flexibility index (Phi) is 6.95. The SMILES string of the molecule is C[C@H]1CN(C[C@@H](N)CC(=O)N2C=C3N=C(c4ccc(F)cc4)NC(C(F)(F)F)=C3CC2)CC(=O)O1.